The number of thiol groups is 1. The molecule has 2 nitrogen and oxygen atoms in total. The van der Waals surface area contributed by atoms with Crippen molar-refractivity contribution in [3.8, 4) is 0 Å². The fourth-order valence-electron chi connectivity index (χ4n) is 1.68. The number of hydrogen-bond donors (Lipinski definition) is 1. The maximum Gasteiger partial charge on any atom is 0.417 e. The van der Waals surface area contributed by atoms with E-state index in [4.69, 9.17) is 0 Å². The van der Waals surface area contributed by atoms with E-state index in [0.29, 0.717) is 5.75 Å². The lowest BCUT2D eigenvalue weighted by Gasteiger charge is -2.30. The van der Waals surface area contributed by atoms with Crippen molar-refractivity contribution in [3.63, 3.8) is 0 Å². The van der Waals surface area contributed by atoms with Gasteiger partial charge in [0.15, 0.2) is 0 Å². The van der Waals surface area contributed by atoms with E-state index in [9.17, 15) is 18.0 Å². The van der Waals surface area contributed by atoms with Crippen LogP contribution in [-0.2, 0) is 12.7 Å². The van der Waals surface area contributed by atoms with Crippen molar-refractivity contribution in [3.05, 3.63) is 34.2 Å². The predicted molar refractivity (Wildman–Crippen MR) is 72.5 cm³/mol. The van der Waals surface area contributed by atoms with E-state index in [1.54, 1.807) is 0 Å². The Hall–Kier alpha value is -0.910. The van der Waals surface area contributed by atoms with Crippen molar-refractivity contribution in [1.29, 1.82) is 0 Å². The second kappa shape index (κ2) is 5.61. The number of halogens is 3. The van der Waals surface area contributed by atoms with Crippen LogP contribution in [0.2, 0.25) is 0 Å². The van der Waals surface area contributed by atoms with Crippen molar-refractivity contribution in [1.82, 2.24) is 4.57 Å². The Morgan fingerprint density at radius 2 is 1.84 bits per heavy atom. The Kier molecular flexibility index (Phi) is 4.76. The van der Waals surface area contributed by atoms with Gasteiger partial charge in [-0.15, -0.1) is 0 Å². The quantitative estimate of drug-likeness (QED) is 0.847. The van der Waals surface area contributed by atoms with Gasteiger partial charge in [0.1, 0.15) is 0 Å². The molecule has 19 heavy (non-hydrogen) atoms. The first-order valence-corrected chi connectivity index (χ1v) is 6.57. The van der Waals surface area contributed by atoms with Gasteiger partial charge in [0.2, 0.25) is 0 Å². The SMILES string of the molecule is CC(C)(C)C(CS)Cn1cc(C(F)(F)F)ccc1=O. The van der Waals surface area contributed by atoms with Crippen molar-refractivity contribution >= 4 is 12.6 Å². The molecule has 108 valence electrons. The van der Waals surface area contributed by atoms with Crippen LogP contribution in [0.5, 0.6) is 0 Å². The molecule has 0 saturated carbocycles. The predicted octanol–water partition coefficient (Wildman–Crippen LogP) is 3.46. The summed E-state index contributed by atoms with van der Waals surface area (Å²) < 4.78 is 39.0. The molecule has 0 saturated heterocycles. The summed E-state index contributed by atoms with van der Waals surface area (Å²) in [6.45, 7) is 6.17. The Morgan fingerprint density at radius 3 is 2.26 bits per heavy atom. The van der Waals surface area contributed by atoms with Crippen LogP contribution in [0.1, 0.15) is 26.3 Å². The summed E-state index contributed by atoms with van der Waals surface area (Å²) in [6, 6.07) is 1.77. The Bertz CT molecular complexity index is 488. The number of aromatic nitrogens is 1. The molecule has 0 aromatic carbocycles. The molecule has 1 aromatic heterocycles. The van der Waals surface area contributed by atoms with Crippen molar-refractivity contribution in [2.75, 3.05) is 5.75 Å². The molecular formula is C13H18F3NOS. The van der Waals surface area contributed by atoms with Gasteiger partial charge in [0.25, 0.3) is 5.56 Å². The third-order valence-corrected chi connectivity index (χ3v) is 3.61. The third kappa shape index (κ3) is 4.30. The highest BCUT2D eigenvalue weighted by atomic mass is 32.1. The van der Waals surface area contributed by atoms with Crippen molar-refractivity contribution in [2.45, 2.75) is 33.5 Å². The van der Waals surface area contributed by atoms with Crippen LogP contribution in [0.3, 0.4) is 0 Å². The molecule has 1 aromatic rings. The van der Waals surface area contributed by atoms with Gasteiger partial charge in [-0.2, -0.15) is 25.8 Å². The van der Waals surface area contributed by atoms with Gasteiger partial charge < -0.3 is 4.57 Å². The number of rotatable bonds is 3. The van der Waals surface area contributed by atoms with Crippen LogP contribution in [0.15, 0.2) is 23.1 Å². The summed E-state index contributed by atoms with van der Waals surface area (Å²) in [4.78, 5) is 11.6. The second-order valence-corrected chi connectivity index (χ2v) is 6.02. The average molecular weight is 293 g/mol. The lowest BCUT2D eigenvalue weighted by atomic mass is 9.82. The molecule has 0 aliphatic carbocycles. The molecule has 1 heterocycles. The molecule has 0 aliphatic heterocycles. The first kappa shape index (κ1) is 16.1. The lowest BCUT2D eigenvalue weighted by molar-refractivity contribution is -0.138. The Balaban J connectivity index is 3.10. The van der Waals surface area contributed by atoms with E-state index in [2.05, 4.69) is 12.6 Å². The molecular weight excluding hydrogens is 275 g/mol. The number of alkyl halides is 3. The van der Waals surface area contributed by atoms with Gasteiger partial charge in [-0.25, -0.2) is 0 Å². The fraction of sp³-hybridized carbons (Fsp3) is 0.615. The standard InChI is InChI=1S/C13H18F3NOS/c1-12(2,3)10(8-19)7-17-6-9(13(14,15)16)4-5-11(17)18/h4-6,10,19H,7-8H2,1-3H3. The smallest absolute Gasteiger partial charge is 0.315 e. The normalized spacial score (nSPS) is 14.5. The molecule has 0 aliphatic rings. The molecule has 0 amide bonds. The van der Waals surface area contributed by atoms with Crippen LogP contribution in [0, 0.1) is 11.3 Å². The van der Waals surface area contributed by atoms with E-state index >= 15 is 0 Å². The molecule has 0 radical (unpaired) electrons. The van der Waals surface area contributed by atoms with E-state index in [-0.39, 0.29) is 17.9 Å². The minimum Gasteiger partial charge on any atom is -0.315 e. The summed E-state index contributed by atoms with van der Waals surface area (Å²) in [5, 5.41) is 0. The van der Waals surface area contributed by atoms with Gasteiger partial charge >= 0.3 is 6.18 Å². The van der Waals surface area contributed by atoms with Gasteiger partial charge in [-0.05, 0) is 23.2 Å². The highest BCUT2D eigenvalue weighted by molar-refractivity contribution is 7.80. The first-order chi connectivity index (χ1) is 8.55. The largest absolute Gasteiger partial charge is 0.417 e. The van der Waals surface area contributed by atoms with E-state index in [1.807, 2.05) is 20.8 Å². The van der Waals surface area contributed by atoms with E-state index in [0.717, 1.165) is 22.9 Å². The number of hydrogen-bond acceptors (Lipinski definition) is 2. The summed E-state index contributed by atoms with van der Waals surface area (Å²) in [7, 11) is 0. The van der Waals surface area contributed by atoms with Gasteiger partial charge in [0.05, 0.1) is 5.56 Å². The summed E-state index contributed by atoms with van der Waals surface area (Å²) >= 11 is 4.22. The highest BCUT2D eigenvalue weighted by Crippen LogP contribution is 2.30. The summed E-state index contributed by atoms with van der Waals surface area (Å²) in [6.07, 6.45) is -3.56. The van der Waals surface area contributed by atoms with Crippen LogP contribution >= 0.6 is 12.6 Å². The zero-order valence-electron chi connectivity index (χ0n) is 11.2. The summed E-state index contributed by atoms with van der Waals surface area (Å²) in [5.74, 6) is 0.517. The zero-order chi connectivity index (χ0) is 14.8. The molecule has 1 rings (SSSR count). The van der Waals surface area contributed by atoms with Crippen LogP contribution in [0.25, 0.3) is 0 Å². The molecule has 1 atom stereocenters. The monoisotopic (exact) mass is 293 g/mol. The number of pyridine rings is 1. The molecule has 1 unspecified atom stereocenters. The lowest BCUT2D eigenvalue weighted by Crippen LogP contribution is -2.32. The van der Waals surface area contributed by atoms with E-state index in [1.165, 1.54) is 0 Å². The van der Waals surface area contributed by atoms with Gasteiger partial charge in [-0.1, -0.05) is 20.8 Å². The topological polar surface area (TPSA) is 22.0 Å². The van der Waals surface area contributed by atoms with Crippen molar-refractivity contribution < 1.29 is 13.2 Å². The number of nitrogens with zero attached hydrogens (tertiary/aromatic N) is 1. The van der Waals surface area contributed by atoms with Gasteiger partial charge in [0, 0.05) is 18.8 Å². The maximum absolute atomic E-state index is 12.6. The minimum atomic E-state index is -4.44. The molecule has 6 heteroatoms. The molecule has 0 spiro atoms. The molecule has 0 N–H and O–H groups in total. The van der Waals surface area contributed by atoms with Gasteiger partial charge in [-0.3, -0.25) is 4.79 Å². The second-order valence-electron chi connectivity index (χ2n) is 5.65. The zero-order valence-corrected chi connectivity index (χ0v) is 12.1. The first-order valence-electron chi connectivity index (χ1n) is 5.94. The fourth-order valence-corrected chi connectivity index (χ4v) is 2.35. The average Bonchev–Trinajstić information content (AvgIpc) is 2.24. The van der Waals surface area contributed by atoms with E-state index < -0.39 is 17.3 Å². The molecule has 0 fully saturated rings. The van der Waals surface area contributed by atoms with Crippen LogP contribution in [-0.4, -0.2) is 10.3 Å². The maximum atomic E-state index is 12.6. The summed E-state index contributed by atoms with van der Waals surface area (Å²) in [5.41, 5.74) is -1.36. The van der Waals surface area contributed by atoms with Crippen molar-refractivity contribution in [2.24, 2.45) is 11.3 Å². The Morgan fingerprint density at radius 1 is 1.26 bits per heavy atom. The minimum absolute atomic E-state index is 0.0111. The Labute approximate surface area is 116 Å². The van der Waals surface area contributed by atoms with Crippen LogP contribution < -0.4 is 5.56 Å². The third-order valence-electron chi connectivity index (χ3n) is 3.17. The van der Waals surface area contributed by atoms with Crippen LogP contribution in [0.4, 0.5) is 13.2 Å². The highest BCUT2D eigenvalue weighted by Gasteiger charge is 2.31. The molecule has 0 bridgehead atoms.